The van der Waals surface area contributed by atoms with Gasteiger partial charge in [-0.05, 0) is 34.8 Å². The van der Waals surface area contributed by atoms with Crippen molar-refractivity contribution in [3.8, 4) is 0 Å². The molecule has 20 heavy (non-hydrogen) atoms. The van der Waals surface area contributed by atoms with Crippen molar-refractivity contribution in [1.82, 2.24) is 0 Å². The van der Waals surface area contributed by atoms with Crippen LogP contribution in [0.2, 0.25) is 0 Å². The second-order valence-electron chi connectivity index (χ2n) is 6.85. The predicted octanol–water partition coefficient (Wildman–Crippen LogP) is 6.79. The first-order valence-corrected chi connectivity index (χ1v) is 8.02. The quantitative estimate of drug-likeness (QED) is 0.530. The van der Waals surface area contributed by atoms with Crippen LogP contribution in [0.25, 0.3) is 0 Å². The molecular formula is C20H34. The van der Waals surface area contributed by atoms with Gasteiger partial charge in [0, 0.05) is 0 Å². The van der Waals surface area contributed by atoms with Crippen LogP contribution in [-0.2, 0) is 0 Å². The topological polar surface area (TPSA) is 0 Å². The summed E-state index contributed by atoms with van der Waals surface area (Å²) >= 11 is 0. The molecule has 0 N–H and O–H groups in total. The molecule has 0 saturated carbocycles. The average molecular weight is 274 g/mol. The van der Waals surface area contributed by atoms with E-state index >= 15 is 0 Å². The third-order valence-corrected chi connectivity index (χ3v) is 3.15. The largest absolute Gasteiger partial charge is 0.0857 e. The van der Waals surface area contributed by atoms with Crippen LogP contribution in [0.3, 0.4) is 0 Å². The molecule has 0 atom stereocenters. The Hall–Kier alpha value is -1.04. The van der Waals surface area contributed by atoms with Crippen molar-refractivity contribution in [2.45, 2.75) is 67.2 Å². The molecule has 0 radical (unpaired) electrons. The molecule has 0 spiro atoms. The van der Waals surface area contributed by atoms with E-state index in [1.54, 1.807) is 0 Å². The van der Waals surface area contributed by atoms with E-state index in [-0.39, 0.29) is 0 Å². The molecule has 0 aliphatic rings. The molecule has 0 saturated heterocycles. The molecular weight excluding hydrogens is 240 g/mol. The van der Waals surface area contributed by atoms with Crippen LogP contribution < -0.4 is 0 Å². The molecule has 1 rings (SSSR count). The van der Waals surface area contributed by atoms with Gasteiger partial charge >= 0.3 is 0 Å². The third kappa shape index (κ3) is 8.96. The highest BCUT2D eigenvalue weighted by molar-refractivity contribution is 5.26. The first kappa shape index (κ1) is 19.0. The van der Waals surface area contributed by atoms with Gasteiger partial charge < -0.3 is 0 Å². The van der Waals surface area contributed by atoms with E-state index in [0.717, 1.165) is 0 Å². The van der Waals surface area contributed by atoms with E-state index in [2.05, 4.69) is 91.8 Å². The van der Waals surface area contributed by atoms with E-state index in [0.29, 0.717) is 23.7 Å². The molecule has 1 aromatic rings. The second-order valence-corrected chi connectivity index (χ2v) is 6.85. The molecule has 0 aromatic heterocycles. The van der Waals surface area contributed by atoms with Gasteiger partial charge in [0.15, 0.2) is 0 Å². The Morgan fingerprint density at radius 3 is 0.950 bits per heavy atom. The van der Waals surface area contributed by atoms with Crippen molar-refractivity contribution in [3.63, 3.8) is 0 Å². The smallest absolute Gasteiger partial charge is 0.0219 e. The summed E-state index contributed by atoms with van der Waals surface area (Å²) < 4.78 is 0. The minimum atomic E-state index is 0.645. The van der Waals surface area contributed by atoms with Crippen LogP contribution in [0.5, 0.6) is 0 Å². The molecule has 114 valence electrons. The van der Waals surface area contributed by atoms with Gasteiger partial charge in [0.1, 0.15) is 0 Å². The fourth-order valence-electron chi connectivity index (χ4n) is 1.71. The average Bonchev–Trinajstić information content (AvgIpc) is 2.37. The summed E-state index contributed by atoms with van der Waals surface area (Å²) in [6.45, 7) is 17.7. The van der Waals surface area contributed by atoms with Crippen LogP contribution in [0.4, 0.5) is 0 Å². The van der Waals surface area contributed by atoms with Crippen LogP contribution in [0.15, 0.2) is 36.4 Å². The van der Waals surface area contributed by atoms with Gasteiger partial charge in [0.25, 0.3) is 0 Å². The molecule has 0 nitrogen and oxygen atoms in total. The number of hydrogen-bond donors (Lipinski definition) is 0. The van der Waals surface area contributed by atoms with E-state index in [1.807, 2.05) is 0 Å². The van der Waals surface area contributed by atoms with Crippen molar-refractivity contribution in [2.75, 3.05) is 0 Å². The van der Waals surface area contributed by atoms with Crippen LogP contribution >= 0.6 is 0 Å². The zero-order chi connectivity index (χ0) is 15.7. The van der Waals surface area contributed by atoms with Crippen LogP contribution in [-0.4, -0.2) is 0 Å². The molecule has 0 bridgehead atoms. The number of rotatable bonds is 4. The van der Waals surface area contributed by atoms with Crippen molar-refractivity contribution >= 4 is 0 Å². The normalized spacial score (nSPS) is 11.6. The zero-order valence-electron chi connectivity index (χ0n) is 14.8. The highest BCUT2D eigenvalue weighted by Gasteiger charge is 2.00. The highest BCUT2D eigenvalue weighted by Crippen LogP contribution is 2.18. The summed E-state index contributed by atoms with van der Waals surface area (Å²) in [4.78, 5) is 0. The molecule has 0 fully saturated rings. The number of benzene rings is 1. The number of allylic oxidation sites excluding steroid dienone is 2. The number of hydrogen-bond acceptors (Lipinski definition) is 0. The Balaban J connectivity index is 0.000000396. The third-order valence-electron chi connectivity index (χ3n) is 3.15. The predicted molar refractivity (Wildman–Crippen MR) is 93.4 cm³/mol. The van der Waals surface area contributed by atoms with Crippen molar-refractivity contribution in [1.29, 1.82) is 0 Å². The zero-order valence-corrected chi connectivity index (χ0v) is 14.8. The summed E-state index contributed by atoms with van der Waals surface area (Å²) in [7, 11) is 0. The summed E-state index contributed by atoms with van der Waals surface area (Å²) in [5.74, 6) is 2.70. The monoisotopic (exact) mass is 274 g/mol. The van der Waals surface area contributed by atoms with Gasteiger partial charge in [-0.25, -0.2) is 0 Å². The first-order chi connectivity index (χ1) is 9.23. The molecule has 0 unspecified atom stereocenters. The van der Waals surface area contributed by atoms with Gasteiger partial charge in [-0.15, -0.1) is 0 Å². The van der Waals surface area contributed by atoms with Crippen molar-refractivity contribution in [2.24, 2.45) is 11.8 Å². The Bertz CT molecular complexity index is 327. The first-order valence-electron chi connectivity index (χ1n) is 8.02. The minimum Gasteiger partial charge on any atom is -0.0857 e. The van der Waals surface area contributed by atoms with Gasteiger partial charge in [-0.3, -0.25) is 0 Å². The lowest BCUT2D eigenvalue weighted by molar-refractivity contribution is 0.780. The second kappa shape index (κ2) is 9.80. The highest BCUT2D eigenvalue weighted by atomic mass is 14.1. The van der Waals surface area contributed by atoms with Crippen LogP contribution in [0, 0.1) is 11.8 Å². The lowest BCUT2D eigenvalue weighted by atomic mass is 9.97. The van der Waals surface area contributed by atoms with E-state index < -0.39 is 0 Å². The molecule has 0 heterocycles. The molecule has 1 aromatic carbocycles. The van der Waals surface area contributed by atoms with Crippen LogP contribution in [0.1, 0.15) is 78.4 Å². The van der Waals surface area contributed by atoms with Gasteiger partial charge in [-0.1, -0.05) is 91.8 Å². The standard InChI is InChI=1S/C12H18.C8H16/c1-9(2)11-5-7-12(8-6-11)10(3)4;1-7(2)5-6-8(3)4/h5-10H,1-4H3;5-8H,1-4H3/b;6-5+. The SMILES string of the molecule is CC(C)/C=C/C(C)C.CC(C)c1ccc(C(C)C)cc1. The maximum Gasteiger partial charge on any atom is -0.0219 e. The van der Waals surface area contributed by atoms with Crippen molar-refractivity contribution < 1.29 is 0 Å². The Kier molecular flexibility index (Phi) is 9.29. The summed E-state index contributed by atoms with van der Waals surface area (Å²) in [6.07, 6.45) is 4.48. The fraction of sp³-hybridized carbons (Fsp3) is 0.600. The molecule has 0 heteroatoms. The summed E-state index contributed by atoms with van der Waals surface area (Å²) in [6, 6.07) is 8.94. The van der Waals surface area contributed by atoms with E-state index in [1.165, 1.54) is 11.1 Å². The van der Waals surface area contributed by atoms with Gasteiger partial charge in [0.2, 0.25) is 0 Å². The maximum absolute atomic E-state index is 2.24. The minimum absolute atomic E-state index is 0.645. The van der Waals surface area contributed by atoms with Crippen molar-refractivity contribution in [3.05, 3.63) is 47.5 Å². The fourth-order valence-corrected chi connectivity index (χ4v) is 1.71. The Morgan fingerprint density at radius 1 is 0.550 bits per heavy atom. The lowest BCUT2D eigenvalue weighted by Gasteiger charge is -2.08. The molecule has 0 aliphatic heterocycles. The summed E-state index contributed by atoms with van der Waals surface area (Å²) in [5, 5.41) is 0. The molecule has 0 amide bonds. The van der Waals surface area contributed by atoms with Gasteiger partial charge in [0.05, 0.1) is 0 Å². The van der Waals surface area contributed by atoms with E-state index in [4.69, 9.17) is 0 Å². The van der Waals surface area contributed by atoms with Gasteiger partial charge in [-0.2, -0.15) is 0 Å². The van der Waals surface area contributed by atoms with E-state index in [9.17, 15) is 0 Å². The summed E-state index contributed by atoms with van der Waals surface area (Å²) in [5.41, 5.74) is 2.86. The maximum atomic E-state index is 2.24. The Morgan fingerprint density at radius 2 is 0.800 bits per heavy atom. The molecule has 0 aliphatic carbocycles. The lowest BCUT2D eigenvalue weighted by Crippen LogP contribution is -1.90. The Labute approximate surface area is 127 Å².